The van der Waals surface area contributed by atoms with Crippen LogP contribution in [-0.4, -0.2) is 4.98 Å². The Bertz CT molecular complexity index is 736. The molecule has 0 amide bonds. The monoisotopic (exact) mass is 323 g/mol. The number of ether oxygens (including phenoxy) is 1. The third kappa shape index (κ3) is 2.62. The standard InChI is InChI=1S/C15H11Cl2NOS/c1-9(15-11(16)3-2-4-12(15)17)19-10-5-6-13-14(7-10)20-8-18-13/h2-9H,1H3. The van der Waals surface area contributed by atoms with Gasteiger partial charge in [0.25, 0.3) is 0 Å². The smallest absolute Gasteiger partial charge is 0.124 e. The maximum atomic E-state index is 6.20. The van der Waals surface area contributed by atoms with Crippen molar-refractivity contribution < 1.29 is 4.74 Å². The summed E-state index contributed by atoms with van der Waals surface area (Å²) in [6.07, 6.45) is -0.221. The van der Waals surface area contributed by atoms with Gasteiger partial charge in [-0.15, -0.1) is 11.3 Å². The highest BCUT2D eigenvalue weighted by Gasteiger charge is 2.15. The molecule has 0 bridgehead atoms. The number of aromatic nitrogens is 1. The van der Waals surface area contributed by atoms with Crippen LogP contribution in [0.25, 0.3) is 10.2 Å². The minimum Gasteiger partial charge on any atom is -0.486 e. The van der Waals surface area contributed by atoms with Crippen molar-refractivity contribution in [3.05, 3.63) is 57.5 Å². The summed E-state index contributed by atoms with van der Waals surface area (Å²) in [6, 6.07) is 11.3. The predicted octanol–water partition coefficient (Wildman–Crippen LogP) is 5.74. The largest absolute Gasteiger partial charge is 0.486 e. The fourth-order valence-corrected chi connectivity index (χ4v) is 3.48. The molecule has 0 saturated heterocycles. The molecule has 0 N–H and O–H groups in total. The molecule has 0 fully saturated rings. The SMILES string of the molecule is CC(Oc1ccc2ncsc2c1)c1c(Cl)cccc1Cl. The highest BCUT2D eigenvalue weighted by molar-refractivity contribution is 7.16. The molecule has 1 atom stereocenters. The minimum absolute atomic E-state index is 0.221. The van der Waals surface area contributed by atoms with E-state index in [0.29, 0.717) is 10.0 Å². The third-order valence-corrected chi connectivity index (χ3v) is 4.47. The summed E-state index contributed by atoms with van der Waals surface area (Å²) in [7, 11) is 0. The Hall–Kier alpha value is -1.29. The number of hydrogen-bond acceptors (Lipinski definition) is 3. The van der Waals surface area contributed by atoms with Gasteiger partial charge in [-0.1, -0.05) is 29.3 Å². The minimum atomic E-state index is -0.221. The maximum Gasteiger partial charge on any atom is 0.124 e. The Morgan fingerprint density at radius 3 is 2.65 bits per heavy atom. The van der Waals surface area contributed by atoms with Gasteiger partial charge in [-0.25, -0.2) is 4.98 Å². The van der Waals surface area contributed by atoms with Crippen molar-refractivity contribution in [2.45, 2.75) is 13.0 Å². The predicted molar refractivity (Wildman–Crippen MR) is 85.1 cm³/mol. The molecule has 0 radical (unpaired) electrons. The lowest BCUT2D eigenvalue weighted by Crippen LogP contribution is -2.04. The molecule has 1 aromatic heterocycles. The molecule has 3 aromatic rings. The Morgan fingerprint density at radius 2 is 1.90 bits per heavy atom. The van der Waals surface area contributed by atoms with Gasteiger partial charge in [-0.2, -0.15) is 0 Å². The number of benzene rings is 2. The van der Waals surface area contributed by atoms with Gasteiger partial charge in [0.2, 0.25) is 0 Å². The second-order valence-electron chi connectivity index (χ2n) is 4.38. The fraction of sp³-hybridized carbons (Fsp3) is 0.133. The summed E-state index contributed by atoms with van der Waals surface area (Å²) in [4.78, 5) is 4.25. The van der Waals surface area contributed by atoms with E-state index in [4.69, 9.17) is 27.9 Å². The Balaban J connectivity index is 1.90. The van der Waals surface area contributed by atoms with Crippen molar-refractivity contribution in [1.82, 2.24) is 4.98 Å². The summed E-state index contributed by atoms with van der Waals surface area (Å²) >= 11 is 14.0. The zero-order valence-electron chi connectivity index (χ0n) is 10.6. The van der Waals surface area contributed by atoms with E-state index in [9.17, 15) is 0 Å². The molecule has 0 aliphatic rings. The molecule has 20 heavy (non-hydrogen) atoms. The molecular weight excluding hydrogens is 313 g/mol. The lowest BCUT2D eigenvalue weighted by Gasteiger charge is -2.17. The first-order valence-electron chi connectivity index (χ1n) is 6.09. The molecule has 3 rings (SSSR count). The lowest BCUT2D eigenvalue weighted by atomic mass is 10.1. The van der Waals surface area contributed by atoms with Gasteiger partial charge in [-0.05, 0) is 37.3 Å². The van der Waals surface area contributed by atoms with Gasteiger partial charge >= 0.3 is 0 Å². The van der Waals surface area contributed by atoms with Crippen LogP contribution in [0, 0.1) is 0 Å². The van der Waals surface area contributed by atoms with E-state index in [1.807, 2.05) is 48.8 Å². The molecule has 5 heteroatoms. The summed E-state index contributed by atoms with van der Waals surface area (Å²) in [6.45, 7) is 1.93. The van der Waals surface area contributed by atoms with E-state index in [1.54, 1.807) is 11.3 Å². The zero-order valence-corrected chi connectivity index (χ0v) is 13.0. The first kappa shape index (κ1) is 13.7. The van der Waals surface area contributed by atoms with E-state index >= 15 is 0 Å². The molecule has 2 aromatic carbocycles. The first-order chi connectivity index (χ1) is 9.65. The number of nitrogens with zero attached hydrogens (tertiary/aromatic N) is 1. The van der Waals surface area contributed by atoms with Gasteiger partial charge in [0.1, 0.15) is 11.9 Å². The zero-order chi connectivity index (χ0) is 14.1. The molecule has 0 spiro atoms. The highest BCUT2D eigenvalue weighted by Crippen LogP contribution is 2.34. The number of fused-ring (bicyclic) bond motifs is 1. The van der Waals surface area contributed by atoms with E-state index in [0.717, 1.165) is 21.5 Å². The molecule has 0 saturated carbocycles. The topological polar surface area (TPSA) is 22.1 Å². The number of hydrogen-bond donors (Lipinski definition) is 0. The van der Waals surface area contributed by atoms with Crippen molar-refractivity contribution in [2.75, 3.05) is 0 Å². The van der Waals surface area contributed by atoms with Crippen LogP contribution >= 0.6 is 34.5 Å². The Morgan fingerprint density at radius 1 is 1.15 bits per heavy atom. The second-order valence-corrected chi connectivity index (χ2v) is 6.08. The molecular formula is C15H11Cl2NOS. The van der Waals surface area contributed by atoms with Gasteiger partial charge in [0.05, 0.1) is 15.7 Å². The molecule has 2 nitrogen and oxygen atoms in total. The molecule has 1 heterocycles. The van der Waals surface area contributed by atoms with Crippen LogP contribution in [0.15, 0.2) is 41.9 Å². The summed E-state index contributed by atoms with van der Waals surface area (Å²) in [5.41, 5.74) is 3.61. The van der Waals surface area contributed by atoms with E-state index < -0.39 is 0 Å². The van der Waals surface area contributed by atoms with Crippen LogP contribution in [-0.2, 0) is 0 Å². The van der Waals surface area contributed by atoms with Crippen molar-refractivity contribution in [2.24, 2.45) is 0 Å². The van der Waals surface area contributed by atoms with Gasteiger partial charge in [0.15, 0.2) is 0 Å². The van der Waals surface area contributed by atoms with Crippen LogP contribution in [0.5, 0.6) is 5.75 Å². The van der Waals surface area contributed by atoms with Crippen molar-refractivity contribution >= 4 is 44.8 Å². The van der Waals surface area contributed by atoms with Crippen LogP contribution < -0.4 is 4.74 Å². The van der Waals surface area contributed by atoms with Crippen LogP contribution in [0.4, 0.5) is 0 Å². The number of halogens is 2. The van der Waals surface area contributed by atoms with E-state index in [2.05, 4.69) is 4.98 Å². The Kier molecular flexibility index (Phi) is 3.83. The van der Waals surface area contributed by atoms with E-state index in [1.165, 1.54) is 0 Å². The van der Waals surface area contributed by atoms with Crippen molar-refractivity contribution in [1.29, 1.82) is 0 Å². The van der Waals surface area contributed by atoms with Gasteiger partial charge in [0, 0.05) is 15.6 Å². The van der Waals surface area contributed by atoms with Gasteiger partial charge in [-0.3, -0.25) is 0 Å². The second kappa shape index (κ2) is 5.60. The number of thiazole rings is 1. The Labute approximate surface area is 130 Å². The van der Waals surface area contributed by atoms with Gasteiger partial charge < -0.3 is 4.74 Å². The van der Waals surface area contributed by atoms with Crippen molar-refractivity contribution in [3.63, 3.8) is 0 Å². The van der Waals surface area contributed by atoms with E-state index in [-0.39, 0.29) is 6.10 Å². The summed E-state index contributed by atoms with van der Waals surface area (Å²) < 4.78 is 7.05. The van der Waals surface area contributed by atoms with Crippen LogP contribution in [0.1, 0.15) is 18.6 Å². The van der Waals surface area contributed by atoms with Crippen LogP contribution in [0.2, 0.25) is 10.0 Å². The van der Waals surface area contributed by atoms with Crippen molar-refractivity contribution in [3.8, 4) is 5.75 Å². The van der Waals surface area contributed by atoms with Crippen LogP contribution in [0.3, 0.4) is 0 Å². The normalized spacial score (nSPS) is 12.6. The summed E-state index contributed by atoms with van der Waals surface area (Å²) in [5, 5.41) is 1.23. The first-order valence-corrected chi connectivity index (χ1v) is 7.72. The molecule has 1 unspecified atom stereocenters. The third-order valence-electron chi connectivity index (χ3n) is 3.02. The fourth-order valence-electron chi connectivity index (χ4n) is 2.07. The highest BCUT2D eigenvalue weighted by atomic mass is 35.5. The molecule has 0 aliphatic carbocycles. The number of rotatable bonds is 3. The lowest BCUT2D eigenvalue weighted by molar-refractivity contribution is 0.227. The maximum absolute atomic E-state index is 6.20. The molecule has 102 valence electrons. The average molecular weight is 324 g/mol. The summed E-state index contributed by atoms with van der Waals surface area (Å²) in [5.74, 6) is 0.783. The molecule has 0 aliphatic heterocycles. The average Bonchev–Trinajstić information content (AvgIpc) is 2.85. The quantitative estimate of drug-likeness (QED) is 0.612.